The Morgan fingerprint density at radius 2 is 2.20 bits per heavy atom. The van der Waals surface area contributed by atoms with Crippen LogP contribution in [0.4, 0.5) is 5.69 Å². The number of aromatic carboxylic acids is 1. The summed E-state index contributed by atoms with van der Waals surface area (Å²) in [6.45, 7) is 0. The molecule has 2 aromatic rings. The van der Waals surface area contributed by atoms with Crippen LogP contribution in [0.5, 0.6) is 5.75 Å². The summed E-state index contributed by atoms with van der Waals surface area (Å²) in [7, 11) is 1.49. The van der Waals surface area contributed by atoms with Gasteiger partial charge in [-0.1, -0.05) is 11.6 Å². The van der Waals surface area contributed by atoms with E-state index >= 15 is 0 Å². The Kier molecular flexibility index (Phi) is 4.21. The van der Waals surface area contributed by atoms with E-state index in [0.717, 1.165) is 11.3 Å². The molecule has 1 aromatic heterocycles. The fourth-order valence-corrected chi connectivity index (χ4v) is 2.35. The lowest BCUT2D eigenvalue weighted by atomic mass is 10.3. The van der Waals surface area contributed by atoms with Gasteiger partial charge in [-0.2, -0.15) is 0 Å². The van der Waals surface area contributed by atoms with Crippen molar-refractivity contribution < 1.29 is 19.4 Å². The zero-order valence-electron chi connectivity index (χ0n) is 10.2. The third-order valence-electron chi connectivity index (χ3n) is 2.33. The van der Waals surface area contributed by atoms with Crippen molar-refractivity contribution >= 4 is 40.5 Å². The number of carbonyl (C=O) groups excluding carboxylic acids is 1. The van der Waals surface area contributed by atoms with Gasteiger partial charge in [0.2, 0.25) is 0 Å². The fourth-order valence-electron chi connectivity index (χ4n) is 1.40. The topological polar surface area (TPSA) is 88.5 Å². The maximum absolute atomic E-state index is 11.9. The quantitative estimate of drug-likeness (QED) is 0.906. The maximum atomic E-state index is 11.9. The highest BCUT2D eigenvalue weighted by molar-refractivity contribution is 7.12. The number of hydrogen-bond donors (Lipinski definition) is 2. The lowest BCUT2D eigenvalue weighted by Crippen LogP contribution is -2.12. The van der Waals surface area contributed by atoms with E-state index in [9.17, 15) is 9.59 Å². The minimum atomic E-state index is -1.17. The summed E-state index contributed by atoms with van der Waals surface area (Å²) in [6, 6.07) is 4.76. The monoisotopic (exact) mass is 312 g/mol. The normalized spacial score (nSPS) is 10.1. The molecule has 6 nitrogen and oxygen atoms in total. The first-order valence-corrected chi connectivity index (χ1v) is 6.60. The fraction of sp³-hybridized carbons (Fsp3) is 0.0833. The number of halogens is 1. The number of aromatic nitrogens is 1. The molecule has 8 heteroatoms. The van der Waals surface area contributed by atoms with Gasteiger partial charge in [0, 0.05) is 11.1 Å². The first-order valence-electron chi connectivity index (χ1n) is 5.35. The molecule has 0 radical (unpaired) electrons. The second kappa shape index (κ2) is 5.89. The Morgan fingerprint density at radius 1 is 1.45 bits per heavy atom. The Labute approximate surface area is 123 Å². The van der Waals surface area contributed by atoms with E-state index < -0.39 is 11.9 Å². The van der Waals surface area contributed by atoms with Crippen LogP contribution < -0.4 is 10.1 Å². The molecular weight excluding hydrogens is 304 g/mol. The number of carboxylic acid groups (broad SMARTS) is 1. The van der Waals surface area contributed by atoms with Crippen LogP contribution in [0.3, 0.4) is 0 Å². The number of nitrogens with one attached hydrogen (secondary N) is 1. The van der Waals surface area contributed by atoms with E-state index in [-0.39, 0.29) is 10.7 Å². The van der Waals surface area contributed by atoms with Gasteiger partial charge in [-0.25, -0.2) is 9.78 Å². The van der Waals surface area contributed by atoms with Gasteiger partial charge < -0.3 is 15.2 Å². The minimum absolute atomic E-state index is 0.0642. The lowest BCUT2D eigenvalue weighted by molar-refractivity contribution is 0.0691. The molecule has 2 N–H and O–H groups in total. The molecule has 0 spiro atoms. The van der Waals surface area contributed by atoms with Crippen LogP contribution in [0.1, 0.15) is 20.3 Å². The van der Waals surface area contributed by atoms with Crippen molar-refractivity contribution in [3.63, 3.8) is 0 Å². The van der Waals surface area contributed by atoms with Gasteiger partial charge in [-0.15, -0.1) is 11.3 Å². The van der Waals surface area contributed by atoms with Crippen LogP contribution in [0, 0.1) is 0 Å². The Hall–Kier alpha value is -2.12. The van der Waals surface area contributed by atoms with E-state index in [1.54, 1.807) is 12.1 Å². The number of rotatable bonds is 4. The van der Waals surface area contributed by atoms with Gasteiger partial charge in [0.15, 0.2) is 10.7 Å². The highest BCUT2D eigenvalue weighted by atomic mass is 35.5. The Balaban J connectivity index is 2.14. The number of carboxylic acids is 1. The summed E-state index contributed by atoms with van der Waals surface area (Å²) in [5.41, 5.74) is 0.306. The number of thiazole rings is 1. The largest absolute Gasteiger partial charge is 0.495 e. The van der Waals surface area contributed by atoms with Gasteiger partial charge in [0.1, 0.15) is 5.75 Å². The van der Waals surface area contributed by atoms with E-state index in [1.165, 1.54) is 18.6 Å². The van der Waals surface area contributed by atoms with Crippen LogP contribution in [0.25, 0.3) is 0 Å². The van der Waals surface area contributed by atoms with Crippen molar-refractivity contribution in [2.45, 2.75) is 0 Å². The van der Waals surface area contributed by atoms with Crippen molar-refractivity contribution in [2.24, 2.45) is 0 Å². The minimum Gasteiger partial charge on any atom is -0.495 e. The van der Waals surface area contributed by atoms with E-state index in [1.807, 2.05) is 0 Å². The average molecular weight is 313 g/mol. The number of methoxy groups -OCH3 is 1. The third-order valence-corrected chi connectivity index (χ3v) is 3.46. The van der Waals surface area contributed by atoms with E-state index in [2.05, 4.69) is 10.3 Å². The highest BCUT2D eigenvalue weighted by Crippen LogP contribution is 2.27. The Morgan fingerprint density at radius 3 is 2.75 bits per heavy atom. The number of amides is 1. The molecular formula is C12H9ClN2O4S. The second-order valence-corrected chi connectivity index (χ2v) is 4.91. The summed E-state index contributed by atoms with van der Waals surface area (Å²) >= 11 is 6.89. The number of benzene rings is 1. The smallest absolute Gasteiger partial charge is 0.355 e. The lowest BCUT2D eigenvalue weighted by Gasteiger charge is -2.06. The van der Waals surface area contributed by atoms with Crippen LogP contribution in [0.2, 0.25) is 5.02 Å². The second-order valence-electron chi connectivity index (χ2n) is 3.65. The third kappa shape index (κ3) is 3.06. The molecule has 0 aliphatic heterocycles. The summed E-state index contributed by atoms with van der Waals surface area (Å²) in [5.74, 6) is -1.18. The van der Waals surface area contributed by atoms with Crippen LogP contribution in [-0.2, 0) is 0 Å². The average Bonchev–Trinajstić information content (AvgIpc) is 2.88. The number of ether oxygens (including phenoxy) is 1. The van der Waals surface area contributed by atoms with Crippen LogP contribution in [-0.4, -0.2) is 29.1 Å². The van der Waals surface area contributed by atoms with Gasteiger partial charge in [-0.05, 0) is 18.2 Å². The first kappa shape index (κ1) is 14.3. The molecule has 2 rings (SSSR count). The van der Waals surface area contributed by atoms with Crippen molar-refractivity contribution in [2.75, 3.05) is 12.4 Å². The molecule has 104 valence electrons. The summed E-state index contributed by atoms with van der Waals surface area (Å²) in [5, 5.41) is 13.0. The molecule has 0 aliphatic carbocycles. The molecule has 0 saturated carbocycles. The van der Waals surface area contributed by atoms with Crippen molar-refractivity contribution in [3.05, 3.63) is 39.3 Å². The zero-order chi connectivity index (χ0) is 14.7. The van der Waals surface area contributed by atoms with Gasteiger partial charge in [-0.3, -0.25) is 4.79 Å². The molecule has 20 heavy (non-hydrogen) atoms. The molecule has 0 fully saturated rings. The Bertz CT molecular complexity index is 671. The van der Waals surface area contributed by atoms with Gasteiger partial charge >= 0.3 is 5.97 Å². The van der Waals surface area contributed by atoms with Crippen molar-refractivity contribution in [1.82, 2.24) is 4.98 Å². The van der Waals surface area contributed by atoms with Crippen LogP contribution in [0.15, 0.2) is 23.6 Å². The van der Waals surface area contributed by atoms with Crippen molar-refractivity contribution in [3.8, 4) is 5.75 Å². The van der Waals surface area contributed by atoms with E-state index in [4.69, 9.17) is 21.4 Å². The van der Waals surface area contributed by atoms with E-state index in [0.29, 0.717) is 16.5 Å². The zero-order valence-corrected chi connectivity index (χ0v) is 11.8. The molecule has 1 heterocycles. The molecule has 1 amide bonds. The first-order chi connectivity index (χ1) is 9.51. The molecule has 0 unspecified atom stereocenters. The molecule has 1 aromatic carbocycles. The predicted octanol–water partition coefficient (Wildman–Crippen LogP) is 2.76. The van der Waals surface area contributed by atoms with Crippen molar-refractivity contribution in [1.29, 1.82) is 0 Å². The predicted molar refractivity (Wildman–Crippen MR) is 75.0 cm³/mol. The molecule has 0 aliphatic rings. The van der Waals surface area contributed by atoms with Crippen LogP contribution >= 0.6 is 22.9 Å². The standard InChI is InChI=1S/C12H9ClN2O4S/c1-19-9-3-2-6(4-7(9)13)14-10(16)11-15-8(5-20-11)12(17)18/h2-5H,1H3,(H,14,16)(H,17,18). The SMILES string of the molecule is COc1ccc(NC(=O)c2nc(C(=O)O)cs2)cc1Cl. The molecule has 0 saturated heterocycles. The summed E-state index contributed by atoms with van der Waals surface area (Å²) in [4.78, 5) is 26.3. The number of carbonyl (C=O) groups is 2. The van der Waals surface area contributed by atoms with Gasteiger partial charge in [0.05, 0.1) is 12.1 Å². The maximum Gasteiger partial charge on any atom is 0.355 e. The number of anilines is 1. The molecule has 0 bridgehead atoms. The summed E-state index contributed by atoms with van der Waals surface area (Å²) < 4.78 is 5.00. The number of nitrogens with zero attached hydrogens (tertiary/aromatic N) is 1. The summed E-state index contributed by atoms with van der Waals surface area (Å²) in [6.07, 6.45) is 0. The molecule has 0 atom stereocenters. The number of hydrogen-bond acceptors (Lipinski definition) is 5. The highest BCUT2D eigenvalue weighted by Gasteiger charge is 2.15. The van der Waals surface area contributed by atoms with Gasteiger partial charge in [0.25, 0.3) is 5.91 Å².